The molecule has 0 saturated heterocycles. The van der Waals surface area contributed by atoms with Crippen molar-refractivity contribution in [3.63, 3.8) is 0 Å². The van der Waals surface area contributed by atoms with Gasteiger partial charge in [0.2, 0.25) is 0 Å². The fourth-order valence-electron chi connectivity index (χ4n) is 1.52. The van der Waals surface area contributed by atoms with Gasteiger partial charge in [-0.15, -0.1) is 0 Å². The summed E-state index contributed by atoms with van der Waals surface area (Å²) in [5, 5.41) is 16.9. The van der Waals surface area contributed by atoms with Gasteiger partial charge in [-0.25, -0.2) is 0 Å². The van der Waals surface area contributed by atoms with Crippen molar-refractivity contribution < 1.29 is 9.84 Å². The van der Waals surface area contributed by atoms with E-state index < -0.39 is 0 Å². The Hall–Kier alpha value is -2.67. The number of phenols is 1. The number of rotatable bonds is 4. The number of hydrogen-bond donors (Lipinski definition) is 3. The topological polar surface area (TPSA) is 78.8 Å². The van der Waals surface area contributed by atoms with E-state index in [1.165, 1.54) is 12.3 Å². The van der Waals surface area contributed by atoms with Crippen molar-refractivity contribution in [3.05, 3.63) is 48.3 Å². The Kier molecular flexibility index (Phi) is 5.05. The Morgan fingerprint density at radius 2 is 2.29 bits per heavy atom. The highest BCUT2D eigenvalue weighted by Crippen LogP contribution is 2.20. The summed E-state index contributed by atoms with van der Waals surface area (Å²) in [7, 11) is 1.55. The molecule has 6 nitrogen and oxygen atoms in total. The van der Waals surface area contributed by atoms with Crippen LogP contribution in [0.4, 0.5) is 5.69 Å². The van der Waals surface area contributed by atoms with Gasteiger partial charge in [0.05, 0.1) is 25.2 Å². The average Bonchev–Trinajstić information content (AvgIpc) is 2.50. The number of nitrogens with one attached hydrogen (secondary N) is 2. The summed E-state index contributed by atoms with van der Waals surface area (Å²) in [4.78, 5) is 3.96. The lowest BCUT2D eigenvalue weighted by atomic mass is 10.2. The highest BCUT2D eigenvalue weighted by Gasteiger charge is 2.01. The molecule has 0 amide bonds. The van der Waals surface area contributed by atoms with Gasteiger partial charge in [-0.1, -0.05) is 0 Å². The quantitative estimate of drug-likeness (QED) is 0.456. The van der Waals surface area contributed by atoms with Crippen molar-refractivity contribution in [1.82, 2.24) is 10.4 Å². The molecule has 0 fully saturated rings. The lowest BCUT2D eigenvalue weighted by Gasteiger charge is -2.06. The highest BCUT2D eigenvalue weighted by molar-refractivity contribution is 7.80. The zero-order chi connectivity index (χ0) is 15.1. The number of ether oxygens (including phenoxy) is 1. The van der Waals surface area contributed by atoms with Crippen molar-refractivity contribution in [1.29, 1.82) is 0 Å². The van der Waals surface area contributed by atoms with Crippen molar-refractivity contribution >= 4 is 29.2 Å². The maximum absolute atomic E-state index is 9.70. The van der Waals surface area contributed by atoms with Crippen LogP contribution in [0.1, 0.15) is 5.56 Å². The number of thiocarbonyl (C=S) groups is 1. The number of benzene rings is 1. The molecule has 0 radical (unpaired) electrons. The van der Waals surface area contributed by atoms with Gasteiger partial charge in [0.15, 0.2) is 5.11 Å². The third-order valence-electron chi connectivity index (χ3n) is 2.52. The molecule has 2 aromatic rings. The largest absolute Gasteiger partial charge is 0.507 e. The number of anilines is 1. The minimum atomic E-state index is 0.104. The van der Waals surface area contributed by atoms with Crippen LogP contribution in [0.3, 0.4) is 0 Å². The molecule has 0 aliphatic heterocycles. The molecular formula is C14H14N4O2S. The van der Waals surface area contributed by atoms with Gasteiger partial charge in [-0.3, -0.25) is 10.4 Å². The standard InChI is InChI=1S/C14H14N4O2S/c1-20-12-4-5-13(19)10(7-12)8-16-18-14(21)17-11-3-2-6-15-9-11/h2-9,19H,1H3,(H2,17,18,21)/b16-8+. The molecule has 0 bridgehead atoms. The van der Waals surface area contributed by atoms with Gasteiger partial charge >= 0.3 is 0 Å². The third kappa shape index (κ3) is 4.43. The minimum Gasteiger partial charge on any atom is -0.507 e. The molecular weight excluding hydrogens is 288 g/mol. The summed E-state index contributed by atoms with van der Waals surface area (Å²) in [6.45, 7) is 0. The van der Waals surface area contributed by atoms with Crippen molar-refractivity contribution in [2.24, 2.45) is 5.10 Å². The van der Waals surface area contributed by atoms with Crippen LogP contribution in [0.25, 0.3) is 0 Å². The van der Waals surface area contributed by atoms with Gasteiger partial charge in [-0.05, 0) is 42.5 Å². The maximum atomic E-state index is 9.70. The Balaban J connectivity index is 1.94. The van der Waals surface area contributed by atoms with E-state index in [0.29, 0.717) is 16.4 Å². The average molecular weight is 302 g/mol. The van der Waals surface area contributed by atoms with E-state index in [-0.39, 0.29) is 5.75 Å². The first-order valence-corrected chi connectivity index (χ1v) is 6.47. The van der Waals surface area contributed by atoms with Gasteiger partial charge in [0.1, 0.15) is 11.5 Å². The molecule has 1 aromatic heterocycles. The van der Waals surface area contributed by atoms with E-state index in [0.717, 1.165) is 5.69 Å². The van der Waals surface area contributed by atoms with E-state index in [1.807, 2.05) is 6.07 Å². The predicted molar refractivity (Wildman–Crippen MR) is 85.8 cm³/mol. The second-order valence-electron chi connectivity index (χ2n) is 3.99. The zero-order valence-corrected chi connectivity index (χ0v) is 12.1. The highest BCUT2D eigenvalue weighted by atomic mass is 32.1. The molecule has 3 N–H and O–H groups in total. The normalized spacial score (nSPS) is 10.3. The fraction of sp³-hybridized carbons (Fsp3) is 0.0714. The summed E-state index contributed by atoms with van der Waals surface area (Å²) >= 11 is 5.08. The monoisotopic (exact) mass is 302 g/mol. The number of nitrogens with zero attached hydrogens (tertiary/aromatic N) is 2. The third-order valence-corrected chi connectivity index (χ3v) is 2.72. The van der Waals surface area contributed by atoms with Crippen LogP contribution in [0.15, 0.2) is 47.8 Å². The molecule has 0 spiro atoms. The maximum Gasteiger partial charge on any atom is 0.191 e. The van der Waals surface area contributed by atoms with Crippen LogP contribution in [0, 0.1) is 0 Å². The molecule has 0 aliphatic carbocycles. The first-order valence-electron chi connectivity index (χ1n) is 6.06. The molecule has 108 valence electrons. The Morgan fingerprint density at radius 3 is 3.00 bits per heavy atom. The Bertz CT molecular complexity index is 647. The lowest BCUT2D eigenvalue weighted by Crippen LogP contribution is -2.23. The molecule has 2 rings (SSSR count). The predicted octanol–water partition coefficient (Wildman–Crippen LogP) is 2.12. The van der Waals surface area contributed by atoms with Crippen molar-refractivity contribution in [3.8, 4) is 11.5 Å². The van der Waals surface area contributed by atoms with E-state index in [2.05, 4.69) is 20.8 Å². The molecule has 0 unspecified atom stereocenters. The molecule has 0 atom stereocenters. The van der Waals surface area contributed by atoms with Crippen LogP contribution >= 0.6 is 12.2 Å². The SMILES string of the molecule is COc1ccc(O)c(/C=N/NC(=S)Nc2cccnc2)c1. The second-order valence-corrected chi connectivity index (χ2v) is 4.40. The number of aromatic nitrogens is 1. The molecule has 0 saturated carbocycles. The summed E-state index contributed by atoms with van der Waals surface area (Å²) in [5.74, 6) is 0.734. The number of aromatic hydroxyl groups is 1. The zero-order valence-electron chi connectivity index (χ0n) is 11.3. The Labute approximate surface area is 127 Å². The van der Waals surface area contributed by atoms with Crippen molar-refractivity contribution in [2.45, 2.75) is 0 Å². The number of methoxy groups -OCH3 is 1. The lowest BCUT2D eigenvalue weighted by molar-refractivity contribution is 0.412. The second kappa shape index (κ2) is 7.20. The van der Waals surface area contributed by atoms with Crippen LogP contribution in [-0.2, 0) is 0 Å². The van der Waals surface area contributed by atoms with Crippen LogP contribution in [0.2, 0.25) is 0 Å². The Morgan fingerprint density at radius 1 is 1.43 bits per heavy atom. The first kappa shape index (κ1) is 14.7. The first-order chi connectivity index (χ1) is 10.2. The van der Waals surface area contributed by atoms with E-state index >= 15 is 0 Å². The van der Waals surface area contributed by atoms with Gasteiger partial charge < -0.3 is 15.2 Å². The smallest absolute Gasteiger partial charge is 0.191 e. The van der Waals surface area contributed by atoms with Crippen LogP contribution in [-0.4, -0.2) is 28.5 Å². The summed E-state index contributed by atoms with van der Waals surface area (Å²) in [5.41, 5.74) is 3.93. The van der Waals surface area contributed by atoms with Gasteiger partial charge in [-0.2, -0.15) is 5.10 Å². The fourth-order valence-corrected chi connectivity index (χ4v) is 1.69. The van der Waals surface area contributed by atoms with Crippen LogP contribution in [0.5, 0.6) is 11.5 Å². The minimum absolute atomic E-state index is 0.104. The summed E-state index contributed by atoms with van der Waals surface area (Å²) in [6.07, 6.45) is 4.77. The van der Waals surface area contributed by atoms with Crippen molar-refractivity contribution in [2.75, 3.05) is 12.4 Å². The number of phenolic OH excluding ortho intramolecular Hbond substituents is 1. The van der Waals surface area contributed by atoms with E-state index in [1.54, 1.807) is 37.7 Å². The van der Waals surface area contributed by atoms with E-state index in [9.17, 15) is 5.11 Å². The van der Waals surface area contributed by atoms with Crippen LogP contribution < -0.4 is 15.5 Å². The summed E-state index contributed by atoms with van der Waals surface area (Å²) < 4.78 is 5.08. The van der Waals surface area contributed by atoms with Gasteiger partial charge in [0.25, 0.3) is 0 Å². The molecule has 21 heavy (non-hydrogen) atoms. The molecule has 0 aliphatic rings. The van der Waals surface area contributed by atoms with Gasteiger partial charge in [0, 0.05) is 11.8 Å². The van der Waals surface area contributed by atoms with E-state index in [4.69, 9.17) is 17.0 Å². The molecule has 1 heterocycles. The molecule has 7 heteroatoms. The number of hydrogen-bond acceptors (Lipinski definition) is 5. The summed E-state index contributed by atoms with van der Waals surface area (Å²) in [6, 6.07) is 8.49. The number of hydrazone groups is 1. The molecule has 1 aromatic carbocycles. The number of pyridine rings is 1.